The molecule has 2 unspecified atom stereocenters. The van der Waals surface area contributed by atoms with Gasteiger partial charge >= 0.3 is 0 Å². The van der Waals surface area contributed by atoms with Crippen LogP contribution in [0.1, 0.15) is 22.7 Å². The molecule has 0 radical (unpaired) electrons. The van der Waals surface area contributed by atoms with Crippen molar-refractivity contribution in [2.75, 3.05) is 33.3 Å². The van der Waals surface area contributed by atoms with Crippen LogP contribution in [0.25, 0.3) is 11.1 Å². The molecule has 3 aliphatic heterocycles. The Kier molecular flexibility index (Phi) is 3.34. The van der Waals surface area contributed by atoms with E-state index in [1.54, 1.807) is 0 Å². The highest BCUT2D eigenvalue weighted by molar-refractivity contribution is 5.70. The number of fused-ring (bicyclic) bond motifs is 3. The van der Waals surface area contributed by atoms with Crippen LogP contribution in [-0.2, 0) is 6.54 Å². The van der Waals surface area contributed by atoms with Gasteiger partial charge < -0.3 is 9.64 Å². The zero-order valence-corrected chi connectivity index (χ0v) is 14.4. The fraction of sp³-hybridized carbons (Fsp3) is 0.381. The van der Waals surface area contributed by atoms with Crippen LogP contribution in [0.3, 0.4) is 0 Å². The molecule has 0 bridgehead atoms. The van der Waals surface area contributed by atoms with E-state index in [2.05, 4.69) is 41.1 Å². The molecule has 2 aromatic rings. The van der Waals surface area contributed by atoms with Crippen LogP contribution in [0.15, 0.2) is 36.4 Å². The lowest BCUT2D eigenvalue weighted by Gasteiger charge is -2.36. The van der Waals surface area contributed by atoms with Crippen molar-refractivity contribution in [3.63, 3.8) is 0 Å². The summed E-state index contributed by atoms with van der Waals surface area (Å²) < 4.78 is 6.27. The van der Waals surface area contributed by atoms with Gasteiger partial charge in [0.15, 0.2) is 0 Å². The molecule has 2 saturated heterocycles. The van der Waals surface area contributed by atoms with Crippen LogP contribution >= 0.6 is 0 Å². The Labute approximate surface area is 148 Å². The summed E-state index contributed by atoms with van der Waals surface area (Å²) in [5.41, 5.74) is 5.73. The van der Waals surface area contributed by atoms with E-state index in [1.807, 2.05) is 18.2 Å². The van der Waals surface area contributed by atoms with E-state index in [4.69, 9.17) is 4.74 Å². The van der Waals surface area contributed by atoms with Crippen LogP contribution in [0.4, 0.5) is 0 Å². The van der Waals surface area contributed by atoms with Gasteiger partial charge in [-0.05, 0) is 48.0 Å². The van der Waals surface area contributed by atoms with Gasteiger partial charge in [-0.15, -0.1) is 0 Å². The van der Waals surface area contributed by atoms with Gasteiger partial charge in [-0.25, -0.2) is 0 Å². The minimum atomic E-state index is 0.575. The quantitative estimate of drug-likeness (QED) is 0.807. The lowest BCUT2D eigenvalue weighted by molar-refractivity contribution is 0.0853. The van der Waals surface area contributed by atoms with Crippen LogP contribution in [0.2, 0.25) is 0 Å². The van der Waals surface area contributed by atoms with Gasteiger partial charge in [0.1, 0.15) is 5.75 Å². The Morgan fingerprint density at radius 3 is 2.84 bits per heavy atom. The van der Waals surface area contributed by atoms with Crippen molar-refractivity contribution in [2.24, 2.45) is 5.92 Å². The largest absolute Gasteiger partial charge is 0.493 e. The second-order valence-electron chi connectivity index (χ2n) is 7.58. The fourth-order valence-electron chi connectivity index (χ4n) is 4.19. The molecular weight excluding hydrogens is 310 g/mol. The van der Waals surface area contributed by atoms with Gasteiger partial charge in [0.25, 0.3) is 0 Å². The van der Waals surface area contributed by atoms with Crippen molar-refractivity contribution < 1.29 is 4.74 Å². The lowest BCUT2D eigenvalue weighted by atomic mass is 9.96. The van der Waals surface area contributed by atoms with E-state index in [0.29, 0.717) is 17.5 Å². The van der Waals surface area contributed by atoms with Crippen molar-refractivity contribution in [1.82, 2.24) is 9.80 Å². The van der Waals surface area contributed by atoms with Gasteiger partial charge in [0.2, 0.25) is 0 Å². The molecule has 3 heterocycles. The molecular formula is C21H21N3O. The third-order valence-electron chi connectivity index (χ3n) is 5.62. The molecule has 0 spiro atoms. The topological polar surface area (TPSA) is 39.3 Å². The number of likely N-dealkylation sites (tertiary alicyclic amines) is 1. The Balaban J connectivity index is 1.48. The van der Waals surface area contributed by atoms with E-state index < -0.39 is 0 Å². The van der Waals surface area contributed by atoms with Crippen molar-refractivity contribution >= 4 is 0 Å². The van der Waals surface area contributed by atoms with E-state index in [1.165, 1.54) is 17.7 Å². The minimum absolute atomic E-state index is 0.575. The van der Waals surface area contributed by atoms with E-state index in [9.17, 15) is 5.26 Å². The molecule has 0 aromatic heterocycles. The second-order valence-corrected chi connectivity index (χ2v) is 7.58. The lowest BCUT2D eigenvalue weighted by Crippen LogP contribution is -2.46. The fourth-order valence-corrected chi connectivity index (χ4v) is 4.19. The smallest absolute Gasteiger partial charge is 0.124 e. The second kappa shape index (κ2) is 5.59. The normalized spacial score (nSPS) is 24.2. The molecule has 0 saturated carbocycles. The maximum Gasteiger partial charge on any atom is 0.124 e. The first-order chi connectivity index (χ1) is 12.2. The Morgan fingerprint density at radius 2 is 2.04 bits per heavy atom. The highest BCUT2D eigenvalue weighted by Crippen LogP contribution is 2.49. The number of benzene rings is 2. The minimum Gasteiger partial charge on any atom is -0.493 e. The monoisotopic (exact) mass is 331 g/mol. The highest BCUT2D eigenvalue weighted by Gasteiger charge is 2.44. The number of rotatable bonds is 4. The zero-order valence-electron chi connectivity index (χ0n) is 14.4. The summed E-state index contributed by atoms with van der Waals surface area (Å²) in [5, 5.41) is 9.18. The average Bonchev–Trinajstić information content (AvgIpc) is 3.29. The number of hydrogen-bond acceptors (Lipinski definition) is 4. The van der Waals surface area contributed by atoms with Crippen molar-refractivity contribution in [3.05, 3.63) is 53.1 Å². The molecule has 4 heteroatoms. The highest BCUT2D eigenvalue weighted by atomic mass is 16.5. The summed E-state index contributed by atoms with van der Waals surface area (Å²) in [4.78, 5) is 4.80. The Hall–Kier alpha value is -2.35. The first-order valence-corrected chi connectivity index (χ1v) is 8.94. The summed E-state index contributed by atoms with van der Waals surface area (Å²) in [5.74, 6) is 1.68. The van der Waals surface area contributed by atoms with Gasteiger partial charge in [-0.1, -0.05) is 12.1 Å². The molecule has 3 aliphatic rings. The molecule has 0 N–H and O–H groups in total. The van der Waals surface area contributed by atoms with Crippen LogP contribution in [0.5, 0.6) is 5.75 Å². The van der Waals surface area contributed by atoms with Crippen molar-refractivity contribution in [2.45, 2.75) is 12.6 Å². The number of ether oxygens (including phenoxy) is 1. The average molecular weight is 331 g/mol. The standard InChI is InChI=1S/C21H21N3O/c1-23-9-15(10-23)13-25-21-7-17(16-4-2-3-14(5-16)8-22)6-18-19(21)11-24-12-20(18)24/h2-7,15,20H,9-13H2,1H3. The summed E-state index contributed by atoms with van der Waals surface area (Å²) in [6.45, 7) is 5.23. The number of hydrogen-bond donors (Lipinski definition) is 0. The molecule has 0 amide bonds. The van der Waals surface area contributed by atoms with E-state index in [-0.39, 0.29) is 0 Å². The maximum absolute atomic E-state index is 9.18. The molecule has 2 aromatic carbocycles. The third kappa shape index (κ3) is 2.60. The van der Waals surface area contributed by atoms with E-state index in [0.717, 1.165) is 43.1 Å². The zero-order chi connectivity index (χ0) is 17.0. The Bertz CT molecular complexity index is 879. The van der Waals surface area contributed by atoms with Crippen molar-refractivity contribution in [1.29, 1.82) is 5.26 Å². The number of nitriles is 1. The van der Waals surface area contributed by atoms with Gasteiger partial charge in [-0.3, -0.25) is 4.90 Å². The predicted octanol–water partition coefficient (Wildman–Crippen LogP) is 3.04. The SMILES string of the molecule is CN1CC(COc2cc(-c3cccc(C#N)c3)cc3c2CN2CC32)C1. The first-order valence-electron chi connectivity index (χ1n) is 8.94. The van der Waals surface area contributed by atoms with Gasteiger partial charge in [-0.2, -0.15) is 5.26 Å². The molecule has 4 nitrogen and oxygen atoms in total. The number of nitrogens with zero attached hydrogens (tertiary/aromatic N) is 3. The maximum atomic E-state index is 9.18. The van der Waals surface area contributed by atoms with Gasteiger partial charge in [0.05, 0.1) is 18.2 Å². The van der Waals surface area contributed by atoms with Crippen LogP contribution < -0.4 is 4.74 Å². The summed E-state index contributed by atoms with van der Waals surface area (Å²) in [6.07, 6.45) is 0. The van der Waals surface area contributed by atoms with Crippen LogP contribution in [0, 0.1) is 17.2 Å². The molecule has 5 rings (SSSR count). The third-order valence-corrected chi connectivity index (χ3v) is 5.62. The summed E-state index contributed by atoms with van der Waals surface area (Å²) in [6, 6.07) is 15.1. The van der Waals surface area contributed by atoms with Crippen molar-refractivity contribution in [3.8, 4) is 22.9 Å². The predicted molar refractivity (Wildman–Crippen MR) is 96.2 cm³/mol. The molecule has 126 valence electrons. The van der Waals surface area contributed by atoms with E-state index >= 15 is 0 Å². The van der Waals surface area contributed by atoms with Crippen LogP contribution in [-0.4, -0.2) is 43.1 Å². The summed E-state index contributed by atoms with van der Waals surface area (Å²) in [7, 11) is 2.15. The molecule has 2 atom stereocenters. The van der Waals surface area contributed by atoms with Gasteiger partial charge in [0, 0.05) is 43.7 Å². The molecule has 2 fully saturated rings. The Morgan fingerprint density at radius 1 is 1.16 bits per heavy atom. The first kappa shape index (κ1) is 14.9. The summed E-state index contributed by atoms with van der Waals surface area (Å²) >= 11 is 0. The molecule has 25 heavy (non-hydrogen) atoms. The molecule has 0 aliphatic carbocycles.